The average Bonchev–Trinajstić information content (AvgIpc) is 2.38. The van der Waals surface area contributed by atoms with E-state index in [0.29, 0.717) is 5.57 Å². The lowest BCUT2D eigenvalue weighted by atomic mass is 9.86. The van der Waals surface area contributed by atoms with Crippen molar-refractivity contribution in [1.29, 1.82) is 0 Å². The third-order valence-corrected chi connectivity index (χ3v) is 4.45. The summed E-state index contributed by atoms with van der Waals surface area (Å²) in [6.45, 7) is 1.43. The van der Waals surface area contributed by atoms with Crippen molar-refractivity contribution in [2.45, 2.75) is 25.3 Å². The number of benzene rings is 1. The summed E-state index contributed by atoms with van der Waals surface area (Å²) in [5, 5.41) is 11.2. The SMILES string of the molecule is CC1([N+](=O)[O-])C=CC(S(=O)(=O)O)=C(Cc2ccccc2)C1. The van der Waals surface area contributed by atoms with Crippen LogP contribution < -0.4 is 0 Å². The smallest absolute Gasteiger partial charge is 0.282 e. The zero-order chi connectivity index (χ0) is 15.7. The highest BCUT2D eigenvalue weighted by Crippen LogP contribution is 2.33. The second-order valence-corrected chi connectivity index (χ2v) is 6.62. The third-order valence-electron chi connectivity index (χ3n) is 3.47. The van der Waals surface area contributed by atoms with Gasteiger partial charge in [0.1, 0.15) is 0 Å². The summed E-state index contributed by atoms with van der Waals surface area (Å²) in [4.78, 5) is 10.5. The largest absolute Gasteiger partial charge is 0.294 e. The van der Waals surface area contributed by atoms with E-state index in [1.165, 1.54) is 13.0 Å². The van der Waals surface area contributed by atoms with E-state index < -0.39 is 20.6 Å². The first kappa shape index (κ1) is 15.4. The highest BCUT2D eigenvalue weighted by atomic mass is 32.2. The lowest BCUT2D eigenvalue weighted by Crippen LogP contribution is -2.35. The molecule has 1 atom stereocenters. The standard InChI is InChI=1S/C14H15NO5S/c1-14(15(16)17)8-7-13(21(18,19)20)12(10-14)9-11-5-3-2-4-6-11/h2-8H,9-10H2,1H3,(H,18,19,20). The van der Waals surface area contributed by atoms with Crippen LogP contribution in [0.5, 0.6) is 0 Å². The predicted octanol–water partition coefficient (Wildman–Crippen LogP) is 2.37. The third kappa shape index (κ3) is 3.37. The van der Waals surface area contributed by atoms with Gasteiger partial charge in [-0.15, -0.1) is 0 Å². The van der Waals surface area contributed by atoms with Crippen LogP contribution in [0, 0.1) is 10.1 Å². The number of allylic oxidation sites excluding steroid dienone is 1. The molecule has 1 N–H and O–H groups in total. The van der Waals surface area contributed by atoms with Crippen LogP contribution in [0.3, 0.4) is 0 Å². The summed E-state index contributed by atoms with van der Waals surface area (Å²) in [6, 6.07) is 9.03. The topological polar surface area (TPSA) is 97.5 Å². The molecule has 0 fully saturated rings. The van der Waals surface area contributed by atoms with E-state index in [9.17, 15) is 23.1 Å². The Morgan fingerprint density at radius 1 is 1.33 bits per heavy atom. The van der Waals surface area contributed by atoms with Gasteiger partial charge in [0, 0.05) is 18.3 Å². The predicted molar refractivity (Wildman–Crippen MR) is 77.9 cm³/mol. The van der Waals surface area contributed by atoms with Crippen LogP contribution in [0.25, 0.3) is 0 Å². The molecule has 1 aromatic carbocycles. The van der Waals surface area contributed by atoms with Crippen LogP contribution in [0.15, 0.2) is 53.0 Å². The monoisotopic (exact) mass is 309 g/mol. The second kappa shape index (κ2) is 5.42. The average molecular weight is 309 g/mol. The first-order valence-electron chi connectivity index (χ1n) is 6.29. The molecule has 0 spiro atoms. The second-order valence-electron chi connectivity index (χ2n) is 5.23. The van der Waals surface area contributed by atoms with E-state index in [1.54, 1.807) is 24.3 Å². The Morgan fingerprint density at radius 3 is 2.48 bits per heavy atom. The van der Waals surface area contributed by atoms with E-state index in [0.717, 1.165) is 11.6 Å². The number of nitrogens with zero attached hydrogens (tertiary/aromatic N) is 1. The Labute approximate surface area is 122 Å². The molecule has 112 valence electrons. The Morgan fingerprint density at radius 2 is 1.95 bits per heavy atom. The normalized spacial score (nSPS) is 22.4. The van der Waals surface area contributed by atoms with Crippen molar-refractivity contribution in [3.8, 4) is 0 Å². The summed E-state index contributed by atoms with van der Waals surface area (Å²) in [7, 11) is -4.40. The van der Waals surface area contributed by atoms with Gasteiger partial charge in [-0.05, 0) is 29.7 Å². The fraction of sp³-hybridized carbons (Fsp3) is 0.286. The molecule has 2 rings (SSSR count). The molecule has 0 heterocycles. The summed E-state index contributed by atoms with van der Waals surface area (Å²) < 4.78 is 32.2. The molecule has 0 saturated carbocycles. The van der Waals surface area contributed by atoms with Crippen molar-refractivity contribution < 1.29 is 17.9 Å². The van der Waals surface area contributed by atoms with Crippen molar-refractivity contribution >= 4 is 10.1 Å². The van der Waals surface area contributed by atoms with Gasteiger partial charge in [0.05, 0.1) is 4.91 Å². The van der Waals surface area contributed by atoms with Gasteiger partial charge in [0.15, 0.2) is 0 Å². The number of rotatable bonds is 4. The van der Waals surface area contributed by atoms with Crippen LogP contribution in [0.1, 0.15) is 18.9 Å². The van der Waals surface area contributed by atoms with Crippen molar-refractivity contribution in [2.75, 3.05) is 0 Å². The maximum Gasteiger partial charge on any atom is 0.294 e. The van der Waals surface area contributed by atoms with Crippen LogP contribution >= 0.6 is 0 Å². The fourth-order valence-corrected chi connectivity index (χ4v) is 3.09. The van der Waals surface area contributed by atoms with Crippen LogP contribution in [-0.4, -0.2) is 23.4 Å². The van der Waals surface area contributed by atoms with Gasteiger partial charge in [-0.25, -0.2) is 0 Å². The van der Waals surface area contributed by atoms with Gasteiger partial charge in [0.25, 0.3) is 10.1 Å². The minimum absolute atomic E-state index is 0.0550. The molecule has 0 amide bonds. The molecule has 0 bridgehead atoms. The fourth-order valence-electron chi connectivity index (χ4n) is 2.34. The molecule has 21 heavy (non-hydrogen) atoms. The Bertz CT molecular complexity index is 721. The van der Waals surface area contributed by atoms with Gasteiger partial charge < -0.3 is 0 Å². The minimum Gasteiger partial charge on any atom is -0.282 e. The van der Waals surface area contributed by atoms with Gasteiger partial charge in [0.2, 0.25) is 5.54 Å². The lowest BCUT2D eigenvalue weighted by molar-refractivity contribution is -0.550. The minimum atomic E-state index is -4.40. The molecule has 0 aliphatic heterocycles. The van der Waals surface area contributed by atoms with E-state index in [4.69, 9.17) is 0 Å². The molecule has 0 aromatic heterocycles. The highest BCUT2D eigenvalue weighted by molar-refractivity contribution is 7.90. The summed E-state index contributed by atoms with van der Waals surface area (Å²) in [5.41, 5.74) is -0.196. The number of hydrogen-bond donors (Lipinski definition) is 1. The molecular formula is C14H15NO5S. The molecule has 7 heteroatoms. The summed E-state index contributed by atoms with van der Waals surface area (Å²) in [5.74, 6) is 0. The Balaban J connectivity index is 2.45. The van der Waals surface area contributed by atoms with Crippen molar-refractivity contribution in [2.24, 2.45) is 0 Å². The van der Waals surface area contributed by atoms with E-state index >= 15 is 0 Å². The maximum absolute atomic E-state index is 11.4. The summed E-state index contributed by atoms with van der Waals surface area (Å²) >= 11 is 0. The summed E-state index contributed by atoms with van der Waals surface area (Å²) in [6.07, 6.45) is 2.52. The number of nitro groups is 1. The Hall–Kier alpha value is -1.99. The van der Waals surface area contributed by atoms with E-state index in [1.807, 2.05) is 6.07 Å². The van der Waals surface area contributed by atoms with Crippen molar-refractivity contribution in [3.63, 3.8) is 0 Å². The van der Waals surface area contributed by atoms with Gasteiger partial charge in [-0.2, -0.15) is 8.42 Å². The highest BCUT2D eigenvalue weighted by Gasteiger charge is 2.40. The molecule has 1 aliphatic rings. The maximum atomic E-state index is 11.4. The van der Waals surface area contributed by atoms with Crippen molar-refractivity contribution in [1.82, 2.24) is 0 Å². The Kier molecular flexibility index (Phi) is 3.97. The first-order valence-corrected chi connectivity index (χ1v) is 7.73. The molecule has 0 radical (unpaired) electrons. The molecule has 1 unspecified atom stereocenters. The quantitative estimate of drug-likeness (QED) is 0.523. The molecule has 0 saturated heterocycles. The van der Waals surface area contributed by atoms with Crippen LogP contribution in [0.4, 0.5) is 0 Å². The van der Waals surface area contributed by atoms with Gasteiger partial charge in [-0.1, -0.05) is 30.3 Å². The van der Waals surface area contributed by atoms with Crippen LogP contribution in [0.2, 0.25) is 0 Å². The van der Waals surface area contributed by atoms with Gasteiger partial charge in [-0.3, -0.25) is 14.7 Å². The first-order chi connectivity index (χ1) is 9.72. The van der Waals surface area contributed by atoms with Crippen molar-refractivity contribution in [3.05, 3.63) is 68.6 Å². The lowest BCUT2D eigenvalue weighted by Gasteiger charge is -2.24. The molecule has 6 nitrogen and oxygen atoms in total. The van der Waals surface area contributed by atoms with E-state index in [2.05, 4.69) is 0 Å². The molecule has 1 aliphatic carbocycles. The van der Waals surface area contributed by atoms with Gasteiger partial charge >= 0.3 is 0 Å². The zero-order valence-electron chi connectivity index (χ0n) is 11.4. The van der Waals surface area contributed by atoms with Crippen LogP contribution in [-0.2, 0) is 16.5 Å². The van der Waals surface area contributed by atoms with E-state index in [-0.39, 0.29) is 17.7 Å². The number of hydrogen-bond acceptors (Lipinski definition) is 4. The molecule has 1 aromatic rings. The zero-order valence-corrected chi connectivity index (χ0v) is 12.2. The molecular weight excluding hydrogens is 294 g/mol.